The Balaban J connectivity index is 1.52. The molecule has 0 aliphatic carbocycles. The fraction of sp³-hybridized carbons (Fsp3) is 0.185. The first kappa shape index (κ1) is 25.1. The molecule has 1 amide bonds. The highest BCUT2D eigenvalue weighted by Gasteiger charge is 2.21. The molecule has 2 aromatic carbocycles. The van der Waals surface area contributed by atoms with Crippen LogP contribution in [0, 0.1) is 5.41 Å². The van der Waals surface area contributed by atoms with E-state index in [-0.39, 0.29) is 11.7 Å². The molecule has 2 heterocycles. The van der Waals surface area contributed by atoms with Gasteiger partial charge in [-0.15, -0.1) is 0 Å². The largest absolute Gasteiger partial charge is 0.438 e. The van der Waals surface area contributed by atoms with Crippen LogP contribution in [0.4, 0.5) is 4.39 Å². The molecule has 0 saturated heterocycles. The maximum atomic E-state index is 13.2. The van der Waals surface area contributed by atoms with Crippen LogP contribution < -0.4 is 10.6 Å². The van der Waals surface area contributed by atoms with Crippen molar-refractivity contribution in [3.05, 3.63) is 95.6 Å². The van der Waals surface area contributed by atoms with E-state index >= 15 is 0 Å². The van der Waals surface area contributed by atoms with Crippen LogP contribution in [0.25, 0.3) is 22.6 Å². The third-order valence-corrected chi connectivity index (χ3v) is 5.70. The second kappa shape index (κ2) is 12.1. The zero-order chi connectivity index (χ0) is 25.3. The molecule has 1 atom stereocenters. The van der Waals surface area contributed by atoms with Crippen molar-refractivity contribution in [2.24, 2.45) is 0 Å². The van der Waals surface area contributed by atoms with E-state index < -0.39 is 12.7 Å². The molecule has 0 radical (unpaired) electrons. The first-order valence-electron chi connectivity index (χ1n) is 11.4. The maximum absolute atomic E-state index is 13.2. The Labute approximate surface area is 213 Å². The second-order valence-corrected chi connectivity index (χ2v) is 8.51. The smallest absolute Gasteiger partial charge is 0.251 e. The van der Waals surface area contributed by atoms with Gasteiger partial charge in [-0.2, -0.15) is 0 Å². The van der Waals surface area contributed by atoms with Crippen molar-refractivity contribution >= 4 is 23.3 Å². The Bertz CT molecular complexity index is 1330. The topological polar surface area (TPSA) is 104 Å². The van der Waals surface area contributed by atoms with Gasteiger partial charge in [0.1, 0.15) is 18.6 Å². The number of nitrogens with zero attached hydrogens (tertiary/aromatic N) is 2. The summed E-state index contributed by atoms with van der Waals surface area (Å²) in [7, 11) is 0. The van der Waals surface area contributed by atoms with Gasteiger partial charge < -0.3 is 15.1 Å². The number of amides is 1. The minimum absolute atomic E-state index is 0.176. The lowest BCUT2D eigenvalue weighted by atomic mass is 10.1. The number of alkyl halides is 1. The molecule has 0 saturated carbocycles. The molecule has 3 N–H and O–H groups in total. The zero-order valence-electron chi connectivity index (χ0n) is 19.4. The summed E-state index contributed by atoms with van der Waals surface area (Å²) in [6, 6.07) is 19.6. The number of carbonyl (C=O) groups excluding carboxylic acids is 1. The highest BCUT2D eigenvalue weighted by atomic mass is 35.5. The van der Waals surface area contributed by atoms with Crippen molar-refractivity contribution < 1.29 is 13.6 Å². The van der Waals surface area contributed by atoms with Gasteiger partial charge >= 0.3 is 0 Å². The summed E-state index contributed by atoms with van der Waals surface area (Å²) in [6.07, 6.45) is 4.28. The third-order valence-electron chi connectivity index (χ3n) is 5.47. The van der Waals surface area contributed by atoms with Crippen LogP contribution >= 0.6 is 11.6 Å². The van der Waals surface area contributed by atoms with E-state index in [0.29, 0.717) is 47.3 Å². The van der Waals surface area contributed by atoms with E-state index in [0.717, 1.165) is 11.1 Å². The van der Waals surface area contributed by atoms with E-state index in [1.165, 1.54) is 0 Å². The van der Waals surface area contributed by atoms with Gasteiger partial charge in [0, 0.05) is 34.5 Å². The molecule has 7 nitrogen and oxygen atoms in total. The van der Waals surface area contributed by atoms with Crippen LogP contribution in [0.1, 0.15) is 35.1 Å². The fourth-order valence-electron chi connectivity index (χ4n) is 3.66. The summed E-state index contributed by atoms with van der Waals surface area (Å²) in [6.45, 7) is -0.463. The van der Waals surface area contributed by atoms with Crippen molar-refractivity contribution in [3.8, 4) is 22.6 Å². The SMILES string of the molecule is N=C(CF)NCCC[C@H](NC(=O)c1cccc(-c2cc(Cl)ccn2)c1)c1ncc(-c2ccccc2)o1. The van der Waals surface area contributed by atoms with E-state index in [9.17, 15) is 9.18 Å². The van der Waals surface area contributed by atoms with Crippen LogP contribution in [0.5, 0.6) is 0 Å². The van der Waals surface area contributed by atoms with Crippen LogP contribution in [0.15, 0.2) is 83.5 Å². The van der Waals surface area contributed by atoms with Crippen molar-refractivity contribution in [1.29, 1.82) is 5.41 Å². The quantitative estimate of drug-likeness (QED) is 0.142. The average molecular weight is 506 g/mol. The second-order valence-electron chi connectivity index (χ2n) is 8.08. The van der Waals surface area contributed by atoms with E-state index in [1.54, 1.807) is 42.7 Å². The highest BCUT2D eigenvalue weighted by Crippen LogP contribution is 2.26. The van der Waals surface area contributed by atoms with Crippen molar-refractivity contribution in [2.75, 3.05) is 13.2 Å². The Kier molecular flexibility index (Phi) is 8.41. The summed E-state index contributed by atoms with van der Waals surface area (Å²) in [5.41, 5.74) is 2.75. The number of aromatic nitrogens is 2. The standard InChI is InChI=1S/C27H25ClFN5O2/c28-21-11-13-31-23(15-21)19-8-4-9-20(14-19)26(35)34-22(10-5-12-32-25(30)16-29)27-33-17-24(36-27)18-6-2-1-3-7-18/h1-4,6-9,11,13-15,17,22H,5,10,12,16H2,(H2,30,32)(H,34,35)/t22-/m0/s1. The van der Waals surface area contributed by atoms with Crippen LogP contribution in [-0.2, 0) is 0 Å². The third kappa shape index (κ3) is 6.55. The number of oxazole rings is 1. The normalized spacial score (nSPS) is 11.6. The minimum atomic E-state index is -0.849. The van der Waals surface area contributed by atoms with E-state index in [1.807, 2.05) is 36.4 Å². The predicted molar refractivity (Wildman–Crippen MR) is 138 cm³/mol. The molecule has 0 fully saturated rings. The average Bonchev–Trinajstić information content (AvgIpc) is 3.41. The summed E-state index contributed by atoms with van der Waals surface area (Å²) in [5, 5.41) is 13.7. The van der Waals surface area contributed by atoms with Gasteiger partial charge in [-0.1, -0.05) is 54.1 Å². The molecule has 184 valence electrons. The molecular formula is C27H25ClFN5O2. The van der Waals surface area contributed by atoms with Crippen LogP contribution in [0.2, 0.25) is 5.02 Å². The van der Waals surface area contributed by atoms with Gasteiger partial charge in [0.05, 0.1) is 11.9 Å². The van der Waals surface area contributed by atoms with Gasteiger partial charge in [0.15, 0.2) is 5.76 Å². The number of benzene rings is 2. The zero-order valence-corrected chi connectivity index (χ0v) is 20.1. The number of amidine groups is 1. The monoisotopic (exact) mass is 505 g/mol. The summed E-state index contributed by atoms with van der Waals surface area (Å²) in [5.74, 6) is 0.490. The fourth-order valence-corrected chi connectivity index (χ4v) is 3.82. The van der Waals surface area contributed by atoms with Gasteiger partial charge in [-0.05, 0) is 37.1 Å². The first-order chi connectivity index (χ1) is 17.5. The Morgan fingerprint density at radius 3 is 2.64 bits per heavy atom. The van der Waals surface area contributed by atoms with Crippen LogP contribution in [-0.4, -0.2) is 34.9 Å². The van der Waals surface area contributed by atoms with Crippen LogP contribution in [0.3, 0.4) is 0 Å². The Morgan fingerprint density at radius 2 is 1.86 bits per heavy atom. The molecule has 4 rings (SSSR count). The number of hydrogen-bond donors (Lipinski definition) is 3. The summed E-state index contributed by atoms with van der Waals surface area (Å²) >= 11 is 6.09. The number of rotatable bonds is 10. The summed E-state index contributed by atoms with van der Waals surface area (Å²) in [4.78, 5) is 22.0. The molecule has 0 spiro atoms. The number of carbonyl (C=O) groups is 1. The summed E-state index contributed by atoms with van der Waals surface area (Å²) < 4.78 is 18.6. The molecule has 2 aromatic heterocycles. The van der Waals surface area contributed by atoms with Gasteiger partial charge in [0.2, 0.25) is 5.89 Å². The molecule has 4 aromatic rings. The number of halogens is 2. The Morgan fingerprint density at radius 1 is 1.06 bits per heavy atom. The van der Waals surface area contributed by atoms with Crippen molar-refractivity contribution in [3.63, 3.8) is 0 Å². The maximum Gasteiger partial charge on any atom is 0.251 e. The molecular weight excluding hydrogens is 481 g/mol. The lowest BCUT2D eigenvalue weighted by Gasteiger charge is -2.16. The highest BCUT2D eigenvalue weighted by molar-refractivity contribution is 6.30. The predicted octanol–water partition coefficient (Wildman–Crippen LogP) is 5.84. The molecule has 36 heavy (non-hydrogen) atoms. The van der Waals surface area contributed by atoms with Crippen molar-refractivity contribution in [1.82, 2.24) is 20.6 Å². The number of nitrogens with one attached hydrogen (secondary N) is 3. The van der Waals surface area contributed by atoms with Crippen molar-refractivity contribution in [2.45, 2.75) is 18.9 Å². The number of hydrogen-bond acceptors (Lipinski definition) is 5. The van der Waals surface area contributed by atoms with Gasteiger partial charge in [-0.3, -0.25) is 15.2 Å². The lowest BCUT2D eigenvalue weighted by Crippen LogP contribution is -2.30. The lowest BCUT2D eigenvalue weighted by molar-refractivity contribution is 0.0927. The molecule has 0 bridgehead atoms. The van der Waals surface area contributed by atoms with E-state index in [2.05, 4.69) is 20.6 Å². The molecule has 9 heteroatoms. The minimum Gasteiger partial charge on any atom is -0.438 e. The molecule has 0 aliphatic heterocycles. The molecule has 0 unspecified atom stereocenters. The number of pyridine rings is 1. The molecule has 0 aliphatic rings. The Hall–Kier alpha value is -4.04. The first-order valence-corrected chi connectivity index (χ1v) is 11.8. The van der Waals surface area contributed by atoms with Gasteiger partial charge in [-0.25, -0.2) is 9.37 Å². The van der Waals surface area contributed by atoms with Gasteiger partial charge in [0.25, 0.3) is 5.91 Å². The van der Waals surface area contributed by atoms with E-state index in [4.69, 9.17) is 21.4 Å².